The summed E-state index contributed by atoms with van der Waals surface area (Å²) < 4.78 is 0. The minimum atomic E-state index is -0.0974. The Balaban J connectivity index is 0.00000192. The molecule has 6 heteroatoms. The molecule has 2 bridgehead atoms. The summed E-state index contributed by atoms with van der Waals surface area (Å²) in [6, 6.07) is 10.2. The number of nitrogens with zero attached hydrogens (tertiary/aromatic N) is 1. The summed E-state index contributed by atoms with van der Waals surface area (Å²) in [6.45, 7) is 1.96. The molecule has 2 aliphatic heterocycles. The lowest BCUT2D eigenvalue weighted by Gasteiger charge is -2.28. The fourth-order valence-electron chi connectivity index (χ4n) is 3.50. The van der Waals surface area contributed by atoms with Crippen LogP contribution in [0.15, 0.2) is 30.3 Å². The molecule has 2 amide bonds. The number of hydrogen-bond donors (Lipinski definition) is 2. The van der Waals surface area contributed by atoms with Crippen LogP contribution in [-0.4, -0.2) is 48.4 Å². The number of amides is 2. The minimum absolute atomic E-state index is 0. The van der Waals surface area contributed by atoms with Gasteiger partial charge in [0.2, 0.25) is 11.8 Å². The van der Waals surface area contributed by atoms with Gasteiger partial charge >= 0.3 is 0 Å². The van der Waals surface area contributed by atoms with Gasteiger partial charge in [0.1, 0.15) is 0 Å². The lowest BCUT2D eigenvalue weighted by atomic mass is 10.1. The Morgan fingerprint density at radius 2 is 1.87 bits per heavy atom. The summed E-state index contributed by atoms with van der Waals surface area (Å²) in [5, 5.41) is 6.15. The van der Waals surface area contributed by atoms with E-state index in [1.165, 1.54) is 0 Å². The summed E-state index contributed by atoms with van der Waals surface area (Å²) in [5.74, 6) is -0.0440. The third kappa shape index (κ3) is 4.45. The SMILES string of the molecule is Cl.O=C(Cc1ccccc1)NCC(=O)N1C2CCNCC1CC2. The summed E-state index contributed by atoms with van der Waals surface area (Å²) >= 11 is 0. The second-order valence-electron chi connectivity index (χ2n) is 6.12. The molecule has 2 aliphatic rings. The maximum atomic E-state index is 12.5. The lowest BCUT2D eigenvalue weighted by Crippen LogP contribution is -2.47. The molecule has 0 radical (unpaired) electrons. The van der Waals surface area contributed by atoms with Crippen molar-refractivity contribution < 1.29 is 9.59 Å². The van der Waals surface area contributed by atoms with Gasteiger partial charge in [-0.05, 0) is 31.4 Å². The monoisotopic (exact) mass is 337 g/mol. The van der Waals surface area contributed by atoms with Gasteiger partial charge in [-0.15, -0.1) is 12.4 Å². The van der Waals surface area contributed by atoms with E-state index in [9.17, 15) is 9.59 Å². The van der Waals surface area contributed by atoms with Gasteiger partial charge in [-0.2, -0.15) is 0 Å². The van der Waals surface area contributed by atoms with Crippen molar-refractivity contribution in [1.29, 1.82) is 0 Å². The molecule has 23 heavy (non-hydrogen) atoms. The van der Waals surface area contributed by atoms with Crippen molar-refractivity contribution in [3.05, 3.63) is 35.9 Å². The Morgan fingerprint density at radius 1 is 1.13 bits per heavy atom. The van der Waals surface area contributed by atoms with Crippen molar-refractivity contribution in [2.75, 3.05) is 19.6 Å². The molecule has 2 saturated heterocycles. The number of nitrogens with one attached hydrogen (secondary N) is 2. The molecule has 0 aliphatic carbocycles. The van der Waals surface area contributed by atoms with E-state index in [4.69, 9.17) is 0 Å². The topological polar surface area (TPSA) is 61.4 Å². The highest BCUT2D eigenvalue weighted by atomic mass is 35.5. The van der Waals surface area contributed by atoms with Gasteiger partial charge in [-0.1, -0.05) is 30.3 Å². The van der Waals surface area contributed by atoms with Crippen LogP contribution in [-0.2, 0) is 16.0 Å². The minimum Gasteiger partial charge on any atom is -0.347 e. The summed E-state index contributed by atoms with van der Waals surface area (Å²) in [4.78, 5) is 26.4. The molecule has 0 saturated carbocycles. The number of hydrogen-bond acceptors (Lipinski definition) is 3. The van der Waals surface area contributed by atoms with Gasteiger partial charge in [0, 0.05) is 18.6 Å². The number of rotatable bonds is 4. The van der Waals surface area contributed by atoms with Crippen LogP contribution < -0.4 is 10.6 Å². The quantitative estimate of drug-likeness (QED) is 0.865. The van der Waals surface area contributed by atoms with E-state index in [1.807, 2.05) is 35.2 Å². The van der Waals surface area contributed by atoms with Crippen LogP contribution in [0.5, 0.6) is 0 Å². The third-order valence-corrected chi connectivity index (χ3v) is 4.59. The van der Waals surface area contributed by atoms with Crippen molar-refractivity contribution in [2.24, 2.45) is 0 Å². The van der Waals surface area contributed by atoms with Crippen molar-refractivity contribution in [2.45, 2.75) is 37.8 Å². The fourth-order valence-corrected chi connectivity index (χ4v) is 3.50. The van der Waals surface area contributed by atoms with E-state index in [-0.39, 0.29) is 30.8 Å². The molecule has 3 rings (SSSR count). The van der Waals surface area contributed by atoms with Crippen molar-refractivity contribution in [3.8, 4) is 0 Å². The van der Waals surface area contributed by atoms with Crippen molar-refractivity contribution >= 4 is 24.2 Å². The molecule has 2 atom stereocenters. The van der Waals surface area contributed by atoms with Crippen LogP contribution in [0.1, 0.15) is 24.8 Å². The van der Waals surface area contributed by atoms with E-state index in [0.717, 1.165) is 37.9 Å². The third-order valence-electron chi connectivity index (χ3n) is 4.59. The van der Waals surface area contributed by atoms with Crippen LogP contribution in [0, 0.1) is 0 Å². The lowest BCUT2D eigenvalue weighted by molar-refractivity contribution is -0.134. The van der Waals surface area contributed by atoms with Crippen LogP contribution >= 0.6 is 12.4 Å². The van der Waals surface area contributed by atoms with Crippen LogP contribution in [0.25, 0.3) is 0 Å². The van der Waals surface area contributed by atoms with Gasteiger partial charge in [0.15, 0.2) is 0 Å². The van der Waals surface area contributed by atoms with Gasteiger partial charge in [-0.3, -0.25) is 9.59 Å². The second-order valence-corrected chi connectivity index (χ2v) is 6.12. The zero-order chi connectivity index (χ0) is 15.4. The van der Waals surface area contributed by atoms with Gasteiger partial charge < -0.3 is 15.5 Å². The first kappa shape index (κ1) is 17.8. The molecule has 0 spiro atoms. The van der Waals surface area contributed by atoms with Crippen LogP contribution in [0.3, 0.4) is 0 Å². The van der Waals surface area contributed by atoms with Crippen molar-refractivity contribution in [3.63, 3.8) is 0 Å². The number of benzene rings is 1. The van der Waals surface area contributed by atoms with E-state index < -0.39 is 0 Å². The number of carbonyl (C=O) groups is 2. The Labute approximate surface area is 143 Å². The molecule has 1 aromatic carbocycles. The molecule has 5 nitrogen and oxygen atoms in total. The second kappa shape index (κ2) is 8.31. The Hall–Kier alpha value is -1.59. The van der Waals surface area contributed by atoms with Crippen LogP contribution in [0.4, 0.5) is 0 Å². The summed E-state index contributed by atoms with van der Waals surface area (Å²) in [7, 11) is 0. The number of halogens is 1. The summed E-state index contributed by atoms with van der Waals surface area (Å²) in [6.07, 6.45) is 3.50. The molecule has 126 valence electrons. The number of carbonyl (C=O) groups excluding carboxylic acids is 2. The first-order valence-electron chi connectivity index (χ1n) is 8.06. The molecule has 2 unspecified atom stereocenters. The maximum Gasteiger partial charge on any atom is 0.242 e. The zero-order valence-corrected chi connectivity index (χ0v) is 14.0. The zero-order valence-electron chi connectivity index (χ0n) is 13.2. The molecule has 2 N–H and O–H groups in total. The highest BCUT2D eigenvalue weighted by molar-refractivity contribution is 5.86. The van der Waals surface area contributed by atoms with Crippen molar-refractivity contribution in [1.82, 2.24) is 15.5 Å². The largest absolute Gasteiger partial charge is 0.347 e. The highest BCUT2D eigenvalue weighted by Crippen LogP contribution is 2.27. The highest BCUT2D eigenvalue weighted by Gasteiger charge is 2.37. The smallest absolute Gasteiger partial charge is 0.242 e. The maximum absolute atomic E-state index is 12.5. The predicted molar refractivity (Wildman–Crippen MR) is 91.5 cm³/mol. The van der Waals surface area contributed by atoms with Gasteiger partial charge in [0.25, 0.3) is 0 Å². The van der Waals surface area contributed by atoms with Gasteiger partial charge in [-0.25, -0.2) is 0 Å². The Morgan fingerprint density at radius 3 is 2.65 bits per heavy atom. The van der Waals surface area contributed by atoms with Gasteiger partial charge in [0.05, 0.1) is 13.0 Å². The normalized spacial score (nSPS) is 22.9. The average molecular weight is 338 g/mol. The van der Waals surface area contributed by atoms with E-state index in [2.05, 4.69) is 10.6 Å². The molecule has 2 fully saturated rings. The van der Waals surface area contributed by atoms with E-state index in [1.54, 1.807) is 0 Å². The number of fused-ring (bicyclic) bond motifs is 2. The van der Waals surface area contributed by atoms with E-state index >= 15 is 0 Å². The first-order valence-corrected chi connectivity index (χ1v) is 8.06. The first-order chi connectivity index (χ1) is 10.7. The Bertz CT molecular complexity index is 524. The Kier molecular flexibility index (Phi) is 6.42. The molecular weight excluding hydrogens is 314 g/mol. The molecule has 1 aromatic rings. The van der Waals surface area contributed by atoms with Crippen LogP contribution in [0.2, 0.25) is 0 Å². The predicted octanol–water partition coefficient (Wildman–Crippen LogP) is 1.12. The van der Waals surface area contributed by atoms with E-state index in [0.29, 0.717) is 18.5 Å². The standard InChI is InChI=1S/C17H23N3O2.ClH/c21-16(10-13-4-2-1-3-5-13)19-12-17(22)20-14-6-7-15(20)11-18-9-8-14;/h1-5,14-15,18H,6-12H2,(H,19,21);1H. The molecule has 0 aromatic heterocycles. The summed E-state index contributed by atoms with van der Waals surface area (Å²) in [5.41, 5.74) is 0.964. The molecular formula is C17H24ClN3O2. The fraction of sp³-hybridized carbons (Fsp3) is 0.529. The molecule has 2 heterocycles. The average Bonchev–Trinajstić information content (AvgIpc) is 2.79.